The first-order valence-electron chi connectivity index (χ1n) is 4.47. The molecule has 15 heavy (non-hydrogen) atoms. The topological polar surface area (TPSA) is 29.3 Å². The summed E-state index contributed by atoms with van der Waals surface area (Å²) in [4.78, 5) is 1.90. The molecule has 0 aliphatic carbocycles. The molecule has 2 nitrogen and oxygen atoms in total. The molecule has 1 atom stereocenters. The van der Waals surface area contributed by atoms with Crippen molar-refractivity contribution < 1.29 is 4.39 Å². The van der Waals surface area contributed by atoms with Crippen molar-refractivity contribution in [1.82, 2.24) is 4.90 Å². The summed E-state index contributed by atoms with van der Waals surface area (Å²) in [5.41, 5.74) is 6.30. The Balaban J connectivity index is 3.00. The average Bonchev–Trinajstić information content (AvgIpc) is 2.13. The van der Waals surface area contributed by atoms with Gasteiger partial charge in [-0.1, -0.05) is 17.7 Å². The molecule has 0 radical (unpaired) electrons. The minimum absolute atomic E-state index is 0.0849. The highest BCUT2D eigenvalue weighted by Gasteiger charge is 2.16. The molecule has 0 aliphatic heterocycles. The molecule has 1 unspecified atom stereocenters. The van der Waals surface area contributed by atoms with Gasteiger partial charge in [-0.15, -0.1) is 0 Å². The van der Waals surface area contributed by atoms with E-state index < -0.39 is 5.82 Å². The number of hydrogen-bond acceptors (Lipinski definition) is 2. The summed E-state index contributed by atoms with van der Waals surface area (Å²) in [5.74, 6) is -0.444. The summed E-state index contributed by atoms with van der Waals surface area (Å²) in [6.45, 7) is 0.578. The molecule has 1 aromatic carbocycles. The van der Waals surface area contributed by atoms with Crippen LogP contribution in [0.5, 0.6) is 0 Å². The maximum Gasteiger partial charge on any atom is 0.147 e. The van der Waals surface area contributed by atoms with Gasteiger partial charge in [0, 0.05) is 22.6 Å². The van der Waals surface area contributed by atoms with Crippen LogP contribution in [0.3, 0.4) is 0 Å². The Hall–Kier alpha value is -0.160. The Morgan fingerprint density at radius 1 is 1.53 bits per heavy atom. The van der Waals surface area contributed by atoms with Crippen LogP contribution in [0.25, 0.3) is 0 Å². The Kier molecular flexibility index (Phi) is 4.52. The fraction of sp³-hybridized carbons (Fsp3) is 0.400. The molecule has 0 aromatic heterocycles. The van der Waals surface area contributed by atoms with Crippen LogP contribution >= 0.6 is 27.5 Å². The van der Waals surface area contributed by atoms with E-state index in [4.69, 9.17) is 17.3 Å². The van der Waals surface area contributed by atoms with Gasteiger partial charge < -0.3 is 10.6 Å². The minimum atomic E-state index is -0.444. The van der Waals surface area contributed by atoms with Gasteiger partial charge in [0.15, 0.2) is 0 Å². The van der Waals surface area contributed by atoms with Crippen molar-refractivity contribution in [1.29, 1.82) is 0 Å². The standard InChI is InChI=1S/C10H13BrClFN2/c1-15(2)5-8(14)6-3-4-7(11)9(12)10(6)13/h3-4,8H,5,14H2,1-2H3. The summed E-state index contributed by atoms with van der Waals surface area (Å²) < 4.78 is 14.2. The highest BCUT2D eigenvalue weighted by atomic mass is 79.9. The lowest BCUT2D eigenvalue weighted by Crippen LogP contribution is -2.26. The number of rotatable bonds is 3. The van der Waals surface area contributed by atoms with E-state index in [1.807, 2.05) is 19.0 Å². The van der Waals surface area contributed by atoms with Gasteiger partial charge in [0.25, 0.3) is 0 Å². The number of likely N-dealkylation sites (N-methyl/N-ethyl adjacent to an activating group) is 1. The summed E-state index contributed by atoms with van der Waals surface area (Å²) >= 11 is 8.93. The van der Waals surface area contributed by atoms with Crippen LogP contribution in [-0.2, 0) is 0 Å². The predicted octanol–water partition coefficient (Wildman–Crippen LogP) is 2.80. The molecule has 0 fully saturated rings. The van der Waals surface area contributed by atoms with Crippen molar-refractivity contribution in [2.24, 2.45) is 5.73 Å². The van der Waals surface area contributed by atoms with Gasteiger partial charge in [0.1, 0.15) is 5.82 Å². The highest BCUT2D eigenvalue weighted by Crippen LogP contribution is 2.29. The van der Waals surface area contributed by atoms with Crippen LogP contribution in [0, 0.1) is 5.82 Å². The fourth-order valence-electron chi connectivity index (χ4n) is 1.32. The van der Waals surface area contributed by atoms with E-state index in [0.29, 0.717) is 16.6 Å². The lowest BCUT2D eigenvalue weighted by Gasteiger charge is -2.18. The molecule has 0 spiro atoms. The van der Waals surface area contributed by atoms with Crippen LogP contribution in [0.4, 0.5) is 4.39 Å². The molecule has 1 rings (SSSR count). The molecular weight excluding hydrogens is 282 g/mol. The molecule has 0 bridgehead atoms. The first-order chi connectivity index (χ1) is 6.93. The third-order valence-corrected chi connectivity index (χ3v) is 3.28. The Bertz CT molecular complexity index is 358. The Morgan fingerprint density at radius 3 is 2.67 bits per heavy atom. The largest absolute Gasteiger partial charge is 0.323 e. The zero-order valence-corrected chi connectivity index (χ0v) is 10.9. The molecule has 0 saturated heterocycles. The Morgan fingerprint density at radius 2 is 2.13 bits per heavy atom. The van der Waals surface area contributed by atoms with Crippen LogP contribution in [0.15, 0.2) is 16.6 Å². The second-order valence-electron chi connectivity index (χ2n) is 3.63. The van der Waals surface area contributed by atoms with Crippen molar-refractivity contribution in [2.75, 3.05) is 20.6 Å². The second-order valence-corrected chi connectivity index (χ2v) is 4.87. The number of benzene rings is 1. The molecule has 84 valence electrons. The monoisotopic (exact) mass is 294 g/mol. The van der Waals surface area contributed by atoms with Gasteiger partial charge in [-0.25, -0.2) is 4.39 Å². The zero-order valence-electron chi connectivity index (χ0n) is 8.60. The summed E-state index contributed by atoms with van der Waals surface area (Å²) in [6, 6.07) is 2.99. The van der Waals surface area contributed by atoms with Crippen LogP contribution in [0.1, 0.15) is 11.6 Å². The van der Waals surface area contributed by atoms with E-state index in [9.17, 15) is 4.39 Å². The molecule has 0 amide bonds. The fourth-order valence-corrected chi connectivity index (χ4v) is 1.80. The van der Waals surface area contributed by atoms with E-state index in [0.717, 1.165) is 0 Å². The van der Waals surface area contributed by atoms with E-state index >= 15 is 0 Å². The van der Waals surface area contributed by atoms with Crippen molar-refractivity contribution in [3.05, 3.63) is 33.0 Å². The lowest BCUT2D eigenvalue weighted by atomic mass is 10.1. The zero-order chi connectivity index (χ0) is 11.6. The number of hydrogen-bond donors (Lipinski definition) is 1. The predicted molar refractivity (Wildman–Crippen MR) is 64.6 cm³/mol. The first-order valence-corrected chi connectivity index (χ1v) is 5.64. The van der Waals surface area contributed by atoms with E-state index in [-0.39, 0.29) is 11.1 Å². The van der Waals surface area contributed by atoms with Crippen LogP contribution in [0.2, 0.25) is 5.02 Å². The number of nitrogens with two attached hydrogens (primary N) is 1. The second kappa shape index (κ2) is 5.25. The van der Waals surface area contributed by atoms with Crippen molar-refractivity contribution in [2.45, 2.75) is 6.04 Å². The highest BCUT2D eigenvalue weighted by molar-refractivity contribution is 9.10. The minimum Gasteiger partial charge on any atom is -0.323 e. The van der Waals surface area contributed by atoms with Crippen molar-refractivity contribution in [3.8, 4) is 0 Å². The summed E-state index contributed by atoms with van der Waals surface area (Å²) in [5, 5.41) is 0.0849. The molecule has 2 N–H and O–H groups in total. The maximum absolute atomic E-state index is 13.7. The van der Waals surface area contributed by atoms with Crippen LogP contribution < -0.4 is 5.73 Å². The van der Waals surface area contributed by atoms with Gasteiger partial charge in [-0.05, 0) is 36.1 Å². The lowest BCUT2D eigenvalue weighted by molar-refractivity contribution is 0.371. The van der Waals surface area contributed by atoms with Gasteiger partial charge in [-0.2, -0.15) is 0 Å². The quantitative estimate of drug-likeness (QED) is 0.869. The number of nitrogens with zero attached hydrogens (tertiary/aromatic N) is 1. The summed E-state index contributed by atoms with van der Waals surface area (Å²) in [6.07, 6.45) is 0. The average molecular weight is 296 g/mol. The third-order valence-electron chi connectivity index (χ3n) is 2.03. The third kappa shape index (κ3) is 3.14. The van der Waals surface area contributed by atoms with Gasteiger partial charge in [0.05, 0.1) is 5.02 Å². The summed E-state index contributed by atoms with van der Waals surface area (Å²) in [7, 11) is 3.77. The first kappa shape index (κ1) is 12.9. The van der Waals surface area contributed by atoms with Crippen molar-refractivity contribution >= 4 is 27.5 Å². The van der Waals surface area contributed by atoms with E-state index in [2.05, 4.69) is 15.9 Å². The smallest absolute Gasteiger partial charge is 0.147 e. The van der Waals surface area contributed by atoms with Gasteiger partial charge in [0.2, 0.25) is 0 Å². The maximum atomic E-state index is 13.7. The molecular formula is C10H13BrClFN2. The molecule has 1 aromatic rings. The molecule has 0 saturated carbocycles. The SMILES string of the molecule is CN(C)CC(N)c1ccc(Br)c(Cl)c1F. The van der Waals surface area contributed by atoms with Crippen molar-refractivity contribution in [3.63, 3.8) is 0 Å². The van der Waals surface area contributed by atoms with Crippen LogP contribution in [-0.4, -0.2) is 25.5 Å². The molecule has 5 heteroatoms. The molecule has 0 heterocycles. The Labute approximate surface area is 102 Å². The molecule has 0 aliphatic rings. The van der Waals surface area contributed by atoms with E-state index in [1.165, 1.54) is 0 Å². The number of halogens is 3. The van der Waals surface area contributed by atoms with Gasteiger partial charge in [-0.3, -0.25) is 0 Å². The van der Waals surface area contributed by atoms with Gasteiger partial charge >= 0.3 is 0 Å². The van der Waals surface area contributed by atoms with E-state index in [1.54, 1.807) is 12.1 Å². The normalized spacial score (nSPS) is 13.3.